The number of aromatic nitrogens is 4. The molecule has 6 heteroatoms. The van der Waals surface area contributed by atoms with Crippen LogP contribution in [0.2, 0.25) is 0 Å². The van der Waals surface area contributed by atoms with Gasteiger partial charge in [0.05, 0.1) is 44.8 Å². The third-order valence-corrected chi connectivity index (χ3v) is 18.4. The Balaban J connectivity index is 0.000000135. The van der Waals surface area contributed by atoms with Gasteiger partial charge >= 0.3 is 0 Å². The minimum atomic E-state index is 0.892. The van der Waals surface area contributed by atoms with Gasteiger partial charge in [0.15, 0.2) is 0 Å². The van der Waals surface area contributed by atoms with E-state index in [1.165, 1.54) is 78.6 Å². The lowest BCUT2D eigenvalue weighted by Gasteiger charge is -2.16. The topological polar surface area (TPSA) is 51.6 Å². The van der Waals surface area contributed by atoms with Crippen molar-refractivity contribution in [2.45, 2.75) is 6.92 Å². The average Bonchev–Trinajstić information content (AvgIpc) is 4.31. The van der Waals surface area contributed by atoms with Crippen molar-refractivity contribution in [2.75, 3.05) is 0 Å². The molecule has 0 aliphatic carbocycles. The summed E-state index contributed by atoms with van der Waals surface area (Å²) in [5.41, 5.74) is 15.4. The predicted molar refractivity (Wildman–Crippen MR) is 347 cm³/mol. The van der Waals surface area contributed by atoms with Gasteiger partial charge in [-0.25, -0.2) is 19.9 Å². The highest BCUT2D eigenvalue weighted by atomic mass is 32.1. The maximum absolute atomic E-state index is 5.53. The fourth-order valence-electron chi connectivity index (χ4n) is 12.3. The number of hydrogen-bond acceptors (Lipinski definition) is 6. The van der Waals surface area contributed by atoms with Crippen LogP contribution in [0.5, 0.6) is 0 Å². The Hall–Kier alpha value is -9.98. The van der Waals surface area contributed by atoms with Gasteiger partial charge in [0.25, 0.3) is 0 Å². The van der Waals surface area contributed by atoms with E-state index in [-0.39, 0.29) is 0 Å². The summed E-state index contributed by atoms with van der Waals surface area (Å²) in [5, 5.41) is 14.5. The van der Waals surface area contributed by atoms with Gasteiger partial charge in [-0.05, 0) is 87.1 Å². The van der Waals surface area contributed by atoms with Crippen LogP contribution in [0.25, 0.3) is 162 Å². The lowest BCUT2D eigenvalue weighted by molar-refractivity contribution is 1.20. The van der Waals surface area contributed by atoms with Gasteiger partial charge in [-0.15, -0.1) is 22.7 Å². The van der Waals surface area contributed by atoms with Crippen molar-refractivity contribution >= 4 is 128 Å². The molecule has 0 fully saturated rings. The molecule has 13 aromatic carbocycles. The number of fused-ring (bicyclic) bond motifs is 18. The molecule has 0 spiro atoms. The lowest BCUT2D eigenvalue weighted by Crippen LogP contribution is -1.98. The summed E-state index contributed by atoms with van der Waals surface area (Å²) < 4.78 is 5.25. The average molecular weight is 1070 g/mol. The molecule has 4 aromatic heterocycles. The van der Waals surface area contributed by atoms with Gasteiger partial charge in [0.2, 0.25) is 0 Å². The van der Waals surface area contributed by atoms with Crippen LogP contribution in [0.3, 0.4) is 0 Å². The van der Waals surface area contributed by atoms with Gasteiger partial charge in [0.1, 0.15) is 0 Å². The molecule has 0 aliphatic heterocycles. The number of nitrogens with zero attached hydrogens (tertiary/aromatic N) is 4. The molecule has 4 nitrogen and oxygen atoms in total. The molecule has 17 rings (SSSR count). The van der Waals surface area contributed by atoms with Crippen LogP contribution >= 0.6 is 22.7 Å². The van der Waals surface area contributed by atoms with Crippen molar-refractivity contribution in [3.05, 3.63) is 267 Å². The maximum Gasteiger partial charge on any atom is 0.0979 e. The molecule has 0 saturated carbocycles. The van der Waals surface area contributed by atoms with Crippen LogP contribution in [0.15, 0.2) is 261 Å². The van der Waals surface area contributed by atoms with Crippen LogP contribution in [0.1, 0.15) is 5.69 Å². The van der Waals surface area contributed by atoms with Crippen molar-refractivity contribution in [2.24, 2.45) is 0 Å². The van der Waals surface area contributed by atoms with Crippen LogP contribution in [-0.2, 0) is 0 Å². The lowest BCUT2D eigenvalue weighted by atomic mass is 9.93. The van der Waals surface area contributed by atoms with Crippen molar-refractivity contribution in [1.82, 2.24) is 19.9 Å². The van der Waals surface area contributed by atoms with E-state index in [4.69, 9.17) is 19.9 Å². The predicted octanol–water partition coefficient (Wildman–Crippen LogP) is 21.3. The summed E-state index contributed by atoms with van der Waals surface area (Å²) in [6.45, 7) is 2.08. The normalized spacial score (nSPS) is 11.8. The first-order chi connectivity index (χ1) is 40.1. The minimum absolute atomic E-state index is 0.892. The molecule has 0 aliphatic rings. The smallest absolute Gasteiger partial charge is 0.0979 e. The minimum Gasteiger partial charge on any atom is -0.249 e. The molecule has 0 atom stereocenters. The van der Waals surface area contributed by atoms with E-state index in [0.29, 0.717) is 0 Å². The maximum atomic E-state index is 5.53. The second kappa shape index (κ2) is 19.1. The van der Waals surface area contributed by atoms with Crippen LogP contribution in [0.4, 0.5) is 0 Å². The Morgan fingerprint density at radius 3 is 1.00 bits per heavy atom. The third kappa shape index (κ3) is 7.78. The molecule has 4 heterocycles. The monoisotopic (exact) mass is 1070 g/mol. The summed E-state index contributed by atoms with van der Waals surface area (Å²) >= 11 is 3.70. The SMILES string of the molecule is Cc1nc2c3ccccc3c3ccccc3c2nc1-c1ccccc1-c1ccc2sc3ccccc3c2c1.c1ccc(-c2nc3c4ccccc4c4ccccc4c3nc2-c2ccccc2-c2ccc3sc4ccccc4c3c2)cc1. The molecule has 0 bridgehead atoms. The Morgan fingerprint density at radius 1 is 0.222 bits per heavy atom. The number of hydrogen-bond donors (Lipinski definition) is 0. The van der Waals surface area contributed by atoms with Crippen LogP contribution in [-0.4, -0.2) is 19.9 Å². The van der Waals surface area contributed by atoms with E-state index in [1.807, 2.05) is 22.7 Å². The number of benzene rings is 13. The highest BCUT2D eigenvalue weighted by Gasteiger charge is 2.22. The quantitative estimate of drug-likeness (QED) is 0.161. The van der Waals surface area contributed by atoms with Crippen molar-refractivity contribution < 1.29 is 0 Å². The largest absolute Gasteiger partial charge is 0.249 e. The van der Waals surface area contributed by atoms with E-state index < -0.39 is 0 Å². The molecular weight excluding hydrogens is 1020 g/mol. The molecule has 0 unspecified atom stereocenters. The third-order valence-electron chi connectivity index (χ3n) is 16.1. The number of thiophene rings is 2. The molecule has 17 aromatic rings. The highest BCUT2D eigenvalue weighted by Crippen LogP contribution is 2.44. The van der Waals surface area contributed by atoms with E-state index in [1.54, 1.807) is 0 Å². The summed E-state index contributed by atoms with van der Waals surface area (Å²) in [5.74, 6) is 0. The summed E-state index contributed by atoms with van der Waals surface area (Å²) in [4.78, 5) is 21.5. The summed E-state index contributed by atoms with van der Waals surface area (Å²) in [7, 11) is 0. The van der Waals surface area contributed by atoms with Crippen LogP contribution < -0.4 is 0 Å². The Bertz CT molecular complexity index is 5390. The second-order valence-corrected chi connectivity index (χ2v) is 22.9. The zero-order chi connectivity index (χ0) is 53.5. The van der Waals surface area contributed by atoms with E-state index in [2.05, 4.69) is 268 Å². The second-order valence-electron chi connectivity index (χ2n) is 20.7. The van der Waals surface area contributed by atoms with E-state index in [0.717, 1.165) is 88.6 Å². The Morgan fingerprint density at radius 2 is 0.543 bits per heavy atom. The zero-order valence-corrected chi connectivity index (χ0v) is 45.6. The fraction of sp³-hybridized carbons (Fsp3) is 0.0133. The summed E-state index contributed by atoms with van der Waals surface area (Å²) in [6, 6.07) is 92.9. The van der Waals surface area contributed by atoms with E-state index >= 15 is 0 Å². The van der Waals surface area contributed by atoms with Crippen molar-refractivity contribution in [1.29, 1.82) is 0 Å². The molecule has 0 saturated heterocycles. The number of aryl methyl sites for hydroxylation is 1. The van der Waals surface area contributed by atoms with E-state index in [9.17, 15) is 0 Å². The molecule has 0 amide bonds. The zero-order valence-electron chi connectivity index (χ0n) is 43.9. The van der Waals surface area contributed by atoms with Crippen molar-refractivity contribution in [3.63, 3.8) is 0 Å². The highest BCUT2D eigenvalue weighted by molar-refractivity contribution is 7.26. The molecular formula is C75H46N4S2. The van der Waals surface area contributed by atoms with Crippen LogP contribution in [0, 0.1) is 6.92 Å². The Kier molecular flexibility index (Phi) is 11.1. The van der Waals surface area contributed by atoms with Gasteiger partial charge in [-0.1, -0.05) is 224 Å². The van der Waals surface area contributed by atoms with Gasteiger partial charge in [0, 0.05) is 78.6 Å². The number of rotatable bonds is 5. The standard InChI is InChI=1S/C40H24N2S.C35H22N2S/c1-2-12-25(13-3-1)37-38(42-40-33-20-9-6-16-29(33)28-15-5-8-19-32(28)39(40)41-37)31-18-7-4-14-27(31)26-22-23-36-34(24-26)30-17-10-11-21-35(30)43-36;1-21-33(37-35-29-16-7-4-12-25(29)24-11-3-6-15-28(24)34(35)36-21)27-14-5-2-10-23(27)22-18-19-32-30(20-22)26-13-8-9-17-31(26)38-32/h1-24H;2-20H,1H3. The Labute approximate surface area is 474 Å². The first kappa shape index (κ1) is 47.1. The van der Waals surface area contributed by atoms with Gasteiger partial charge < -0.3 is 0 Å². The first-order valence-corrected chi connectivity index (χ1v) is 29.0. The summed E-state index contributed by atoms with van der Waals surface area (Å²) in [6.07, 6.45) is 0. The van der Waals surface area contributed by atoms with Gasteiger partial charge in [-0.3, -0.25) is 0 Å². The molecule has 81 heavy (non-hydrogen) atoms. The van der Waals surface area contributed by atoms with Gasteiger partial charge in [-0.2, -0.15) is 0 Å². The first-order valence-electron chi connectivity index (χ1n) is 27.4. The molecule has 0 radical (unpaired) electrons. The van der Waals surface area contributed by atoms with Crippen molar-refractivity contribution in [3.8, 4) is 56.0 Å². The molecule has 378 valence electrons. The fourth-order valence-corrected chi connectivity index (χ4v) is 14.5. The molecule has 0 N–H and O–H groups in total.